The van der Waals surface area contributed by atoms with E-state index in [4.69, 9.17) is 4.42 Å². The highest BCUT2D eigenvalue weighted by Gasteiger charge is 2.10. The van der Waals surface area contributed by atoms with Crippen molar-refractivity contribution in [3.05, 3.63) is 64.2 Å². The number of hydrogen-bond donors (Lipinski definition) is 0. The first-order valence-electron chi connectivity index (χ1n) is 7.55. The van der Waals surface area contributed by atoms with Gasteiger partial charge in [0.25, 0.3) is 5.22 Å². The Morgan fingerprint density at radius 3 is 2.81 bits per heavy atom. The highest BCUT2D eigenvalue weighted by atomic mass is 79.9. The fraction of sp³-hybridized carbons (Fsp3) is 0.118. The lowest BCUT2D eigenvalue weighted by Crippen LogP contribution is -1.84. The molecule has 26 heavy (non-hydrogen) atoms. The standard InChI is InChI=1S/C17H11BrFN3OS3/c18-11-6-5-10(7-12(11)19)8-24-16-22-21-15(23-16)9-25-17-20-13-3-1-2-4-14(13)26-17/h1-7H,8-9H2. The molecule has 0 aliphatic rings. The van der Waals surface area contributed by atoms with Crippen molar-refractivity contribution in [3.8, 4) is 0 Å². The second-order valence-electron chi connectivity index (χ2n) is 5.24. The van der Waals surface area contributed by atoms with Crippen molar-refractivity contribution in [3.63, 3.8) is 0 Å². The topological polar surface area (TPSA) is 51.8 Å². The van der Waals surface area contributed by atoms with Crippen LogP contribution in [0.25, 0.3) is 10.2 Å². The van der Waals surface area contributed by atoms with Crippen LogP contribution in [0.1, 0.15) is 11.5 Å². The molecule has 2 heterocycles. The molecule has 0 amide bonds. The van der Waals surface area contributed by atoms with Gasteiger partial charge in [-0.1, -0.05) is 41.7 Å². The molecule has 0 radical (unpaired) electrons. The van der Waals surface area contributed by atoms with E-state index in [0.29, 0.717) is 27.1 Å². The van der Waals surface area contributed by atoms with Crippen LogP contribution in [-0.4, -0.2) is 15.2 Å². The van der Waals surface area contributed by atoms with E-state index < -0.39 is 0 Å². The first kappa shape index (κ1) is 18.0. The summed E-state index contributed by atoms with van der Waals surface area (Å²) in [5.74, 6) is 1.41. The number of para-hydroxylation sites is 1. The zero-order valence-corrected chi connectivity index (χ0v) is 17.2. The molecule has 0 aliphatic heterocycles. The van der Waals surface area contributed by atoms with E-state index >= 15 is 0 Å². The molecule has 2 aromatic heterocycles. The van der Waals surface area contributed by atoms with Gasteiger partial charge in [-0.2, -0.15) is 0 Å². The minimum absolute atomic E-state index is 0.276. The number of fused-ring (bicyclic) bond motifs is 1. The Labute approximate surface area is 169 Å². The van der Waals surface area contributed by atoms with E-state index in [9.17, 15) is 4.39 Å². The van der Waals surface area contributed by atoms with Gasteiger partial charge in [0.1, 0.15) is 5.82 Å². The van der Waals surface area contributed by atoms with E-state index in [0.717, 1.165) is 15.4 Å². The van der Waals surface area contributed by atoms with Crippen LogP contribution < -0.4 is 0 Å². The number of thioether (sulfide) groups is 2. The molecule has 0 spiro atoms. The first-order valence-corrected chi connectivity index (χ1v) is 11.1. The van der Waals surface area contributed by atoms with Gasteiger partial charge in [-0.05, 0) is 45.8 Å². The average molecular weight is 468 g/mol. The Kier molecular flexibility index (Phi) is 5.58. The lowest BCUT2D eigenvalue weighted by molar-refractivity contribution is 0.426. The molecule has 0 unspecified atom stereocenters. The Morgan fingerprint density at radius 1 is 1.08 bits per heavy atom. The monoisotopic (exact) mass is 467 g/mol. The first-order chi connectivity index (χ1) is 12.7. The fourth-order valence-corrected chi connectivity index (χ4v) is 5.04. The highest BCUT2D eigenvalue weighted by Crippen LogP contribution is 2.32. The van der Waals surface area contributed by atoms with Crippen molar-refractivity contribution < 1.29 is 8.81 Å². The van der Waals surface area contributed by atoms with Gasteiger partial charge in [-0.3, -0.25) is 0 Å². The van der Waals surface area contributed by atoms with E-state index in [2.05, 4.69) is 37.2 Å². The van der Waals surface area contributed by atoms with E-state index in [-0.39, 0.29) is 5.82 Å². The normalized spacial score (nSPS) is 11.3. The summed E-state index contributed by atoms with van der Waals surface area (Å²) in [6.45, 7) is 0. The van der Waals surface area contributed by atoms with Gasteiger partial charge in [0.05, 0.1) is 20.4 Å². The molecule has 9 heteroatoms. The molecule has 0 saturated carbocycles. The maximum atomic E-state index is 13.5. The third-order valence-corrected chi connectivity index (χ3v) is 7.08. The summed E-state index contributed by atoms with van der Waals surface area (Å²) >= 11 is 7.77. The van der Waals surface area contributed by atoms with Crippen molar-refractivity contribution in [2.45, 2.75) is 21.1 Å². The predicted octanol–water partition coefficient (Wildman–Crippen LogP) is 6.17. The summed E-state index contributed by atoms with van der Waals surface area (Å²) < 4.78 is 21.8. The molecular weight excluding hydrogens is 457 g/mol. The van der Waals surface area contributed by atoms with Crippen molar-refractivity contribution in [1.82, 2.24) is 15.2 Å². The molecule has 0 N–H and O–H groups in total. The van der Waals surface area contributed by atoms with Crippen LogP contribution in [0.5, 0.6) is 0 Å². The van der Waals surface area contributed by atoms with E-state index in [1.54, 1.807) is 29.2 Å². The van der Waals surface area contributed by atoms with Crippen molar-refractivity contribution in [1.29, 1.82) is 0 Å². The lowest BCUT2D eigenvalue weighted by atomic mass is 10.2. The van der Waals surface area contributed by atoms with Gasteiger partial charge >= 0.3 is 0 Å². The predicted molar refractivity (Wildman–Crippen MR) is 107 cm³/mol. The molecule has 4 rings (SSSR count). The highest BCUT2D eigenvalue weighted by molar-refractivity contribution is 9.10. The maximum Gasteiger partial charge on any atom is 0.276 e. The SMILES string of the molecule is Fc1cc(CSc2nnc(CSc3nc4ccccc4s3)o2)ccc1Br. The Morgan fingerprint density at radius 2 is 1.96 bits per heavy atom. The number of hydrogen-bond acceptors (Lipinski definition) is 7. The number of thiazole rings is 1. The van der Waals surface area contributed by atoms with Crippen LogP contribution in [0.2, 0.25) is 0 Å². The smallest absolute Gasteiger partial charge is 0.276 e. The minimum Gasteiger partial charge on any atom is -0.415 e. The average Bonchev–Trinajstić information content (AvgIpc) is 3.27. The van der Waals surface area contributed by atoms with Crippen LogP contribution >= 0.6 is 50.8 Å². The molecule has 0 bridgehead atoms. The van der Waals surface area contributed by atoms with Gasteiger partial charge in [0, 0.05) is 5.75 Å². The van der Waals surface area contributed by atoms with E-state index in [1.807, 2.05) is 24.3 Å². The Hall–Kier alpha value is -1.42. The summed E-state index contributed by atoms with van der Waals surface area (Å²) in [5.41, 5.74) is 1.86. The number of halogens is 2. The van der Waals surface area contributed by atoms with Crippen molar-refractivity contribution >= 4 is 61.0 Å². The van der Waals surface area contributed by atoms with Crippen molar-refractivity contribution in [2.24, 2.45) is 0 Å². The van der Waals surface area contributed by atoms with Crippen molar-refractivity contribution in [2.75, 3.05) is 0 Å². The summed E-state index contributed by atoms with van der Waals surface area (Å²) in [7, 11) is 0. The van der Waals surface area contributed by atoms with Gasteiger partial charge in [0.15, 0.2) is 4.34 Å². The Balaban J connectivity index is 1.34. The van der Waals surface area contributed by atoms with Crippen LogP contribution in [-0.2, 0) is 11.5 Å². The third-order valence-electron chi connectivity index (χ3n) is 3.39. The molecule has 0 aliphatic carbocycles. The third kappa shape index (κ3) is 4.28. The molecule has 2 aromatic carbocycles. The second kappa shape index (κ2) is 8.08. The molecule has 0 atom stereocenters. The summed E-state index contributed by atoms with van der Waals surface area (Å²) in [6.07, 6.45) is 0. The van der Waals surface area contributed by atoms with Crippen LogP contribution in [0.4, 0.5) is 4.39 Å². The molecule has 4 aromatic rings. The van der Waals surface area contributed by atoms with Gasteiger partial charge in [0.2, 0.25) is 5.89 Å². The lowest BCUT2D eigenvalue weighted by Gasteiger charge is -2.00. The quantitative estimate of drug-likeness (QED) is 0.316. The summed E-state index contributed by atoms with van der Waals surface area (Å²) in [4.78, 5) is 4.57. The minimum atomic E-state index is -0.276. The summed E-state index contributed by atoms with van der Waals surface area (Å²) in [6, 6.07) is 13.1. The van der Waals surface area contributed by atoms with Crippen LogP contribution in [0, 0.1) is 5.82 Å². The molecular formula is C17H11BrFN3OS3. The van der Waals surface area contributed by atoms with Gasteiger partial charge in [-0.15, -0.1) is 21.5 Å². The molecule has 0 saturated heterocycles. The number of rotatable bonds is 6. The molecule has 132 valence electrons. The van der Waals surface area contributed by atoms with Crippen LogP contribution in [0.15, 0.2) is 60.9 Å². The van der Waals surface area contributed by atoms with Gasteiger partial charge < -0.3 is 4.42 Å². The zero-order valence-electron chi connectivity index (χ0n) is 13.2. The van der Waals surface area contributed by atoms with Gasteiger partial charge in [-0.25, -0.2) is 9.37 Å². The molecule has 0 fully saturated rings. The number of benzene rings is 2. The fourth-order valence-electron chi connectivity index (χ4n) is 2.17. The number of nitrogens with zero attached hydrogens (tertiary/aromatic N) is 3. The zero-order chi connectivity index (χ0) is 17.9. The largest absolute Gasteiger partial charge is 0.415 e. The van der Waals surface area contributed by atoms with E-state index in [1.165, 1.54) is 22.5 Å². The second-order valence-corrected chi connectivity index (χ2v) is 9.27. The van der Waals surface area contributed by atoms with Crippen LogP contribution in [0.3, 0.4) is 0 Å². The number of aromatic nitrogens is 3. The summed E-state index contributed by atoms with van der Waals surface area (Å²) in [5, 5.41) is 8.59. The Bertz CT molecular complexity index is 1020. The maximum absolute atomic E-state index is 13.5. The molecule has 4 nitrogen and oxygen atoms in total.